The van der Waals surface area contributed by atoms with E-state index in [9.17, 15) is 9.59 Å². The number of hydrogen-bond donors (Lipinski definition) is 0. The van der Waals surface area contributed by atoms with Crippen LogP contribution in [0.1, 0.15) is 15.9 Å². The van der Waals surface area contributed by atoms with Crippen LogP contribution in [0.25, 0.3) is 0 Å². The van der Waals surface area contributed by atoms with Gasteiger partial charge in [0.25, 0.3) is 0 Å². The minimum Gasteiger partial charge on any atom is -0.415 e. The SMILES string of the molecule is O=C(Cn1cc[c-]cc1=O)c1ccc(CCl)cc1.[B].[W]. The largest absolute Gasteiger partial charge is 0.415 e. The van der Waals surface area contributed by atoms with Gasteiger partial charge in [0.15, 0.2) is 5.78 Å². The minimum atomic E-state index is -0.233. The van der Waals surface area contributed by atoms with Crippen LogP contribution < -0.4 is 5.56 Å². The van der Waals surface area contributed by atoms with Crippen molar-refractivity contribution < 1.29 is 25.9 Å². The number of Topliss-reactive ketones (excluding diaryl/α,β-unsaturated/α-hetero) is 1. The number of hydrogen-bond acceptors (Lipinski definition) is 2. The van der Waals surface area contributed by atoms with Crippen LogP contribution in [0.4, 0.5) is 0 Å². The van der Waals surface area contributed by atoms with Crippen molar-refractivity contribution in [3.05, 3.63) is 70.1 Å². The Balaban J connectivity index is 0.00000180. The van der Waals surface area contributed by atoms with E-state index in [1.807, 2.05) is 12.1 Å². The molecule has 0 saturated heterocycles. The summed E-state index contributed by atoms with van der Waals surface area (Å²) in [6.45, 7) is 0.0355. The third-order valence-electron chi connectivity index (χ3n) is 2.58. The molecule has 6 heteroatoms. The Labute approximate surface area is 138 Å². The summed E-state index contributed by atoms with van der Waals surface area (Å²) >= 11 is 5.68. The van der Waals surface area contributed by atoms with Gasteiger partial charge in [0.2, 0.25) is 0 Å². The van der Waals surface area contributed by atoms with Gasteiger partial charge in [-0.1, -0.05) is 24.3 Å². The first-order valence-electron chi connectivity index (χ1n) is 5.45. The third-order valence-corrected chi connectivity index (χ3v) is 2.89. The van der Waals surface area contributed by atoms with Crippen LogP contribution in [0.5, 0.6) is 0 Å². The minimum absolute atomic E-state index is 0. The molecule has 0 atom stereocenters. The van der Waals surface area contributed by atoms with E-state index in [4.69, 9.17) is 11.6 Å². The van der Waals surface area contributed by atoms with Crippen molar-refractivity contribution >= 4 is 25.8 Å². The van der Waals surface area contributed by atoms with Gasteiger partial charge in [0, 0.05) is 40.9 Å². The van der Waals surface area contributed by atoms with Crippen molar-refractivity contribution in [2.24, 2.45) is 0 Å². The fraction of sp³-hybridized carbons (Fsp3) is 0.143. The molecule has 0 aliphatic rings. The van der Waals surface area contributed by atoms with Crippen LogP contribution in [0, 0.1) is 6.07 Å². The molecule has 0 fully saturated rings. The first-order valence-corrected chi connectivity index (χ1v) is 5.99. The summed E-state index contributed by atoms with van der Waals surface area (Å²) < 4.78 is 1.36. The number of halogens is 1. The molecule has 0 bridgehead atoms. The zero-order chi connectivity index (χ0) is 13.0. The van der Waals surface area contributed by atoms with Gasteiger partial charge in [-0.25, -0.2) is 0 Å². The van der Waals surface area contributed by atoms with E-state index in [1.165, 1.54) is 10.6 Å². The Morgan fingerprint density at radius 2 is 1.90 bits per heavy atom. The molecule has 3 nitrogen and oxygen atoms in total. The second-order valence-electron chi connectivity index (χ2n) is 3.85. The molecule has 0 unspecified atom stereocenters. The van der Waals surface area contributed by atoms with E-state index in [0.29, 0.717) is 11.4 Å². The van der Waals surface area contributed by atoms with E-state index in [-0.39, 0.29) is 47.4 Å². The van der Waals surface area contributed by atoms with Crippen LogP contribution in [0.3, 0.4) is 0 Å². The van der Waals surface area contributed by atoms with E-state index in [0.717, 1.165) is 5.56 Å². The average molecular weight is 455 g/mol. The quantitative estimate of drug-likeness (QED) is 0.306. The maximum atomic E-state index is 12.0. The predicted octanol–water partition coefficient (Wildman–Crippen LogP) is 1.89. The number of carbonyl (C=O) groups is 1. The molecule has 20 heavy (non-hydrogen) atoms. The van der Waals surface area contributed by atoms with Gasteiger partial charge in [-0.3, -0.25) is 4.79 Å². The number of rotatable bonds is 4. The van der Waals surface area contributed by atoms with Crippen LogP contribution in [-0.2, 0) is 33.5 Å². The van der Waals surface area contributed by atoms with E-state index >= 15 is 0 Å². The molecule has 2 rings (SSSR count). The first-order chi connectivity index (χ1) is 8.70. The molecule has 0 spiro atoms. The summed E-state index contributed by atoms with van der Waals surface area (Å²) in [4.78, 5) is 23.4. The number of nitrogens with zero attached hydrogens (tertiary/aromatic N) is 1. The molecular weight excluding hydrogens is 444 g/mol. The first kappa shape index (κ1) is 18.9. The zero-order valence-corrected chi connectivity index (χ0v) is 14.3. The molecule has 0 saturated carbocycles. The summed E-state index contributed by atoms with van der Waals surface area (Å²) in [6.07, 6.45) is 1.55. The Bertz CT molecular complexity index is 613. The summed E-state index contributed by atoms with van der Waals surface area (Å²) in [5.41, 5.74) is 1.30. The Kier molecular flexibility index (Phi) is 8.44. The number of aromatic nitrogens is 1. The van der Waals surface area contributed by atoms with Gasteiger partial charge in [-0.2, -0.15) is 12.1 Å². The molecule has 1 heterocycles. The van der Waals surface area contributed by atoms with Gasteiger partial charge in [-0.05, 0) is 5.56 Å². The molecule has 0 aliphatic carbocycles. The van der Waals surface area contributed by atoms with Crippen LogP contribution in [0.15, 0.2) is 47.4 Å². The maximum absolute atomic E-state index is 12.0. The summed E-state index contributed by atoms with van der Waals surface area (Å²) in [5.74, 6) is 0.312. The summed E-state index contributed by atoms with van der Waals surface area (Å²) in [5, 5.41) is 0. The van der Waals surface area contributed by atoms with Gasteiger partial charge in [0.1, 0.15) is 5.56 Å². The molecule has 101 valence electrons. The molecule has 2 aromatic rings. The molecule has 1 aromatic heterocycles. The van der Waals surface area contributed by atoms with E-state index in [1.54, 1.807) is 24.4 Å². The fourth-order valence-electron chi connectivity index (χ4n) is 1.57. The number of alkyl halides is 1. The Hall–Kier alpha value is -1.12. The maximum Gasteiger partial charge on any atom is 0.180 e. The monoisotopic (exact) mass is 455 g/mol. The summed E-state index contributed by atoms with van der Waals surface area (Å²) in [7, 11) is 0. The summed E-state index contributed by atoms with van der Waals surface area (Å²) in [6, 6.07) is 12.6. The number of benzene rings is 1. The van der Waals surface area contributed by atoms with E-state index in [2.05, 4.69) is 6.07 Å². The molecule has 0 amide bonds. The molecular formula is C14H11BClNO2W-. The van der Waals surface area contributed by atoms with Crippen LogP contribution in [-0.4, -0.2) is 18.8 Å². The van der Waals surface area contributed by atoms with Gasteiger partial charge in [-0.15, -0.1) is 23.9 Å². The second kappa shape index (κ2) is 8.94. The molecule has 0 N–H and O–H groups in total. The topological polar surface area (TPSA) is 39.1 Å². The average Bonchev–Trinajstić information content (AvgIpc) is 2.41. The molecule has 3 radical (unpaired) electrons. The Morgan fingerprint density at radius 1 is 1.25 bits per heavy atom. The smallest absolute Gasteiger partial charge is 0.180 e. The third kappa shape index (κ3) is 4.77. The zero-order valence-electron chi connectivity index (χ0n) is 10.6. The van der Waals surface area contributed by atoms with Crippen molar-refractivity contribution in [1.82, 2.24) is 4.57 Å². The Morgan fingerprint density at radius 3 is 2.45 bits per heavy atom. The number of pyridine rings is 1. The fourth-order valence-corrected chi connectivity index (χ4v) is 1.74. The van der Waals surface area contributed by atoms with Crippen molar-refractivity contribution in [2.45, 2.75) is 12.4 Å². The standard InChI is InChI=1S/C14H11ClNO2.B.W/c15-9-11-4-6-12(7-5-11)13(17)10-16-8-2-1-3-14(16)18;;/h2-8H,9-10H2;;/q-1;;. The van der Waals surface area contributed by atoms with Crippen molar-refractivity contribution in [3.8, 4) is 0 Å². The van der Waals surface area contributed by atoms with Crippen LogP contribution >= 0.6 is 11.6 Å². The van der Waals surface area contributed by atoms with Crippen molar-refractivity contribution in [1.29, 1.82) is 0 Å². The van der Waals surface area contributed by atoms with Crippen molar-refractivity contribution in [2.75, 3.05) is 0 Å². The van der Waals surface area contributed by atoms with Crippen LogP contribution in [0.2, 0.25) is 0 Å². The van der Waals surface area contributed by atoms with Gasteiger partial charge in [0.05, 0.1) is 6.54 Å². The van der Waals surface area contributed by atoms with E-state index < -0.39 is 0 Å². The van der Waals surface area contributed by atoms with Gasteiger partial charge < -0.3 is 9.36 Å². The second-order valence-corrected chi connectivity index (χ2v) is 4.11. The number of ketones is 1. The normalized spacial score (nSPS) is 9.25. The van der Waals surface area contributed by atoms with Gasteiger partial charge >= 0.3 is 0 Å². The molecule has 1 aromatic carbocycles. The molecule has 0 aliphatic heterocycles. The number of carbonyl (C=O) groups excluding carboxylic acids is 1. The van der Waals surface area contributed by atoms with Crippen molar-refractivity contribution in [3.63, 3.8) is 0 Å². The predicted molar refractivity (Wildman–Crippen MR) is 75.6 cm³/mol.